The maximum absolute atomic E-state index is 7.00. The van der Waals surface area contributed by atoms with Crippen molar-refractivity contribution < 1.29 is 9.84 Å². The minimum atomic E-state index is 0.706. The van der Waals surface area contributed by atoms with Crippen molar-refractivity contribution in [3.63, 3.8) is 0 Å². The molecular formula is C19H21N3O2S. The number of aromatic nitrogens is 2. The first kappa shape index (κ1) is 18.9. The van der Waals surface area contributed by atoms with Crippen LogP contribution in [-0.2, 0) is 13.1 Å². The molecule has 0 amide bonds. The van der Waals surface area contributed by atoms with E-state index in [-0.39, 0.29) is 0 Å². The molecule has 0 aliphatic heterocycles. The standard InChI is InChI=1S/C18H17N3OS.CH4O/c23-18-6-5-16(22-17-4-2-8-20-13-17)9-15(18)12-21-11-14-3-1-7-19-10-14;1-2/h1-10,13,21,23H,11-12H2;2H,1H3. The summed E-state index contributed by atoms with van der Waals surface area (Å²) in [6, 6.07) is 13.5. The quantitative estimate of drug-likeness (QED) is 0.591. The minimum Gasteiger partial charge on any atom is -0.456 e. The zero-order chi connectivity index (χ0) is 17.9. The van der Waals surface area contributed by atoms with Crippen molar-refractivity contribution in [2.24, 2.45) is 0 Å². The van der Waals surface area contributed by atoms with Gasteiger partial charge >= 0.3 is 0 Å². The summed E-state index contributed by atoms with van der Waals surface area (Å²) < 4.78 is 5.80. The summed E-state index contributed by atoms with van der Waals surface area (Å²) in [6.07, 6.45) is 7.04. The number of aliphatic hydroxyl groups is 1. The molecule has 5 nitrogen and oxygen atoms in total. The minimum absolute atomic E-state index is 0.706. The molecule has 0 unspecified atom stereocenters. The van der Waals surface area contributed by atoms with E-state index in [1.807, 2.05) is 48.7 Å². The smallest absolute Gasteiger partial charge is 0.145 e. The molecule has 130 valence electrons. The molecule has 6 heteroatoms. The van der Waals surface area contributed by atoms with Crippen molar-refractivity contribution in [3.05, 3.63) is 78.4 Å². The fraction of sp³-hybridized carbons (Fsp3) is 0.158. The number of rotatable bonds is 6. The van der Waals surface area contributed by atoms with Crippen molar-refractivity contribution in [3.8, 4) is 11.5 Å². The van der Waals surface area contributed by atoms with E-state index >= 15 is 0 Å². The number of pyridine rings is 2. The topological polar surface area (TPSA) is 67.3 Å². The molecule has 0 atom stereocenters. The number of hydrogen-bond donors (Lipinski definition) is 3. The Labute approximate surface area is 153 Å². The first-order valence-corrected chi connectivity index (χ1v) is 8.20. The van der Waals surface area contributed by atoms with Crippen LogP contribution in [0.3, 0.4) is 0 Å². The molecule has 0 saturated carbocycles. The van der Waals surface area contributed by atoms with Gasteiger partial charge in [0.05, 0.1) is 6.20 Å². The number of thiol groups is 1. The summed E-state index contributed by atoms with van der Waals surface area (Å²) >= 11 is 4.51. The lowest BCUT2D eigenvalue weighted by Gasteiger charge is -2.11. The Hall–Kier alpha value is -2.41. The van der Waals surface area contributed by atoms with Gasteiger partial charge in [0.1, 0.15) is 11.5 Å². The Bertz CT molecular complexity index is 755. The maximum atomic E-state index is 7.00. The highest BCUT2D eigenvalue weighted by molar-refractivity contribution is 7.80. The first-order chi connectivity index (χ1) is 12.3. The van der Waals surface area contributed by atoms with Gasteiger partial charge < -0.3 is 15.2 Å². The van der Waals surface area contributed by atoms with Crippen LogP contribution in [0, 0.1) is 0 Å². The fourth-order valence-corrected chi connectivity index (χ4v) is 2.37. The zero-order valence-corrected chi connectivity index (χ0v) is 14.9. The highest BCUT2D eigenvalue weighted by atomic mass is 32.1. The van der Waals surface area contributed by atoms with E-state index in [9.17, 15) is 0 Å². The molecule has 0 aliphatic rings. The van der Waals surface area contributed by atoms with Gasteiger partial charge in [-0.05, 0) is 47.5 Å². The fourth-order valence-electron chi connectivity index (χ4n) is 2.15. The molecular weight excluding hydrogens is 334 g/mol. The molecule has 0 radical (unpaired) electrons. The van der Waals surface area contributed by atoms with Gasteiger partial charge in [0.15, 0.2) is 0 Å². The van der Waals surface area contributed by atoms with Gasteiger partial charge in [0.2, 0.25) is 0 Å². The van der Waals surface area contributed by atoms with E-state index < -0.39 is 0 Å². The molecule has 1 aromatic carbocycles. The number of aliphatic hydroxyl groups excluding tert-OH is 1. The lowest BCUT2D eigenvalue weighted by molar-refractivity contribution is 0.399. The Morgan fingerprint density at radius 3 is 2.40 bits per heavy atom. The average Bonchev–Trinajstić information content (AvgIpc) is 2.68. The molecule has 0 spiro atoms. The van der Waals surface area contributed by atoms with Gasteiger partial charge in [-0.25, -0.2) is 0 Å². The van der Waals surface area contributed by atoms with E-state index in [4.69, 9.17) is 9.84 Å². The van der Waals surface area contributed by atoms with Gasteiger partial charge in [-0.3, -0.25) is 9.97 Å². The molecule has 0 saturated heterocycles. The summed E-state index contributed by atoms with van der Waals surface area (Å²) in [5, 5.41) is 10.4. The monoisotopic (exact) mass is 355 g/mol. The van der Waals surface area contributed by atoms with Crippen molar-refractivity contribution >= 4 is 12.6 Å². The van der Waals surface area contributed by atoms with Gasteiger partial charge in [-0.2, -0.15) is 0 Å². The number of benzene rings is 1. The van der Waals surface area contributed by atoms with Crippen LogP contribution in [0.4, 0.5) is 0 Å². The zero-order valence-electron chi connectivity index (χ0n) is 14.0. The second-order valence-electron chi connectivity index (χ2n) is 5.05. The van der Waals surface area contributed by atoms with Gasteiger partial charge in [-0.1, -0.05) is 6.07 Å². The van der Waals surface area contributed by atoms with Crippen LogP contribution >= 0.6 is 12.6 Å². The van der Waals surface area contributed by atoms with Crippen molar-refractivity contribution in [2.45, 2.75) is 18.0 Å². The van der Waals surface area contributed by atoms with E-state index in [1.165, 1.54) is 0 Å². The summed E-state index contributed by atoms with van der Waals surface area (Å²) in [5.74, 6) is 1.49. The highest BCUT2D eigenvalue weighted by Crippen LogP contribution is 2.25. The lowest BCUT2D eigenvalue weighted by atomic mass is 10.2. The molecule has 3 aromatic rings. The van der Waals surface area contributed by atoms with E-state index in [1.54, 1.807) is 18.6 Å². The van der Waals surface area contributed by atoms with Crippen LogP contribution in [0.1, 0.15) is 11.1 Å². The maximum Gasteiger partial charge on any atom is 0.145 e. The molecule has 0 bridgehead atoms. The predicted molar refractivity (Wildman–Crippen MR) is 101 cm³/mol. The molecule has 2 aromatic heterocycles. The van der Waals surface area contributed by atoms with Crippen molar-refractivity contribution in [1.82, 2.24) is 15.3 Å². The van der Waals surface area contributed by atoms with Crippen LogP contribution in [0.5, 0.6) is 11.5 Å². The van der Waals surface area contributed by atoms with Crippen LogP contribution in [0.2, 0.25) is 0 Å². The number of hydrogen-bond acceptors (Lipinski definition) is 6. The highest BCUT2D eigenvalue weighted by Gasteiger charge is 2.04. The molecule has 0 fully saturated rings. The third-order valence-electron chi connectivity index (χ3n) is 3.29. The SMILES string of the molecule is CO.Sc1ccc(Oc2cccnc2)cc1CNCc1cccnc1. The summed E-state index contributed by atoms with van der Waals surface area (Å²) in [6.45, 7) is 1.46. The van der Waals surface area contributed by atoms with Crippen LogP contribution in [-0.4, -0.2) is 22.2 Å². The first-order valence-electron chi connectivity index (χ1n) is 7.75. The molecule has 2 heterocycles. The molecule has 0 aliphatic carbocycles. The molecule has 3 rings (SSSR count). The summed E-state index contributed by atoms with van der Waals surface area (Å²) in [4.78, 5) is 9.09. The van der Waals surface area contributed by atoms with Gasteiger partial charge in [0, 0.05) is 43.7 Å². The summed E-state index contributed by atoms with van der Waals surface area (Å²) in [7, 11) is 1.00. The number of ether oxygens (including phenoxy) is 1. The van der Waals surface area contributed by atoms with E-state index in [0.29, 0.717) is 12.3 Å². The van der Waals surface area contributed by atoms with Crippen LogP contribution in [0.15, 0.2) is 72.1 Å². The van der Waals surface area contributed by atoms with Gasteiger partial charge in [-0.15, -0.1) is 12.6 Å². The Balaban J connectivity index is 0.00000109. The second-order valence-corrected chi connectivity index (χ2v) is 5.53. The van der Waals surface area contributed by atoms with Crippen molar-refractivity contribution in [1.29, 1.82) is 0 Å². The third kappa shape index (κ3) is 6.19. The lowest BCUT2D eigenvalue weighted by Crippen LogP contribution is -2.13. The van der Waals surface area contributed by atoms with Crippen LogP contribution in [0.25, 0.3) is 0 Å². The Morgan fingerprint density at radius 2 is 1.72 bits per heavy atom. The van der Waals surface area contributed by atoms with Crippen molar-refractivity contribution in [2.75, 3.05) is 7.11 Å². The molecule has 25 heavy (non-hydrogen) atoms. The van der Waals surface area contributed by atoms with E-state index in [0.717, 1.165) is 35.4 Å². The molecule has 2 N–H and O–H groups in total. The van der Waals surface area contributed by atoms with Crippen LogP contribution < -0.4 is 10.1 Å². The second kappa shape index (κ2) is 10.5. The van der Waals surface area contributed by atoms with E-state index in [2.05, 4.69) is 27.9 Å². The van der Waals surface area contributed by atoms with Gasteiger partial charge in [0.25, 0.3) is 0 Å². The Kier molecular flexibility index (Phi) is 7.91. The summed E-state index contributed by atoms with van der Waals surface area (Å²) in [5.41, 5.74) is 2.23. The third-order valence-corrected chi connectivity index (χ3v) is 3.72. The Morgan fingerprint density at radius 1 is 0.960 bits per heavy atom. The number of nitrogens with one attached hydrogen (secondary N) is 1. The predicted octanol–water partition coefficient (Wildman–Crippen LogP) is 3.46. The largest absolute Gasteiger partial charge is 0.456 e. The normalized spacial score (nSPS) is 9.88. The average molecular weight is 355 g/mol. The number of nitrogens with zero attached hydrogens (tertiary/aromatic N) is 2.